The number of hydrogen-bond donors (Lipinski definition) is 1. The SMILES string of the molecule is Cc1cc(C(=O)O[C@H](C)C(=O)Nc2ccc3c(c2)OCCO3)on1. The van der Waals surface area contributed by atoms with Crippen LogP contribution in [0.3, 0.4) is 0 Å². The molecule has 1 aromatic carbocycles. The lowest BCUT2D eigenvalue weighted by Crippen LogP contribution is -2.30. The molecular formula is C16H16N2O6. The lowest BCUT2D eigenvalue weighted by atomic mass is 10.2. The second-order valence-electron chi connectivity index (χ2n) is 5.23. The highest BCUT2D eigenvalue weighted by molar-refractivity contribution is 5.96. The van der Waals surface area contributed by atoms with Gasteiger partial charge in [-0.15, -0.1) is 0 Å². The van der Waals surface area contributed by atoms with Crippen molar-refractivity contribution in [3.8, 4) is 11.5 Å². The predicted molar refractivity (Wildman–Crippen MR) is 82.2 cm³/mol. The Hall–Kier alpha value is -3.03. The van der Waals surface area contributed by atoms with Crippen LogP contribution in [0.5, 0.6) is 11.5 Å². The Morgan fingerprint density at radius 1 is 1.21 bits per heavy atom. The Bertz CT molecular complexity index is 770. The molecule has 0 unspecified atom stereocenters. The molecule has 1 atom stereocenters. The van der Waals surface area contributed by atoms with Crippen molar-refractivity contribution in [2.24, 2.45) is 0 Å². The van der Waals surface area contributed by atoms with Crippen molar-refractivity contribution in [2.45, 2.75) is 20.0 Å². The molecule has 1 aromatic heterocycles. The molecule has 1 N–H and O–H groups in total. The van der Waals surface area contributed by atoms with Crippen LogP contribution in [0.4, 0.5) is 5.69 Å². The van der Waals surface area contributed by atoms with Crippen LogP contribution >= 0.6 is 0 Å². The average molecular weight is 332 g/mol. The number of fused-ring (bicyclic) bond motifs is 1. The fourth-order valence-electron chi connectivity index (χ4n) is 2.10. The van der Waals surface area contributed by atoms with Crippen molar-refractivity contribution in [2.75, 3.05) is 18.5 Å². The molecule has 0 spiro atoms. The summed E-state index contributed by atoms with van der Waals surface area (Å²) in [4.78, 5) is 24.0. The van der Waals surface area contributed by atoms with Crippen molar-refractivity contribution in [3.63, 3.8) is 0 Å². The first kappa shape index (κ1) is 15.9. The summed E-state index contributed by atoms with van der Waals surface area (Å²) in [6, 6.07) is 6.48. The second kappa shape index (κ2) is 6.61. The van der Waals surface area contributed by atoms with Gasteiger partial charge in [-0.05, 0) is 26.0 Å². The van der Waals surface area contributed by atoms with Gasteiger partial charge in [-0.25, -0.2) is 4.79 Å². The molecule has 0 saturated heterocycles. The van der Waals surface area contributed by atoms with Crippen LogP contribution < -0.4 is 14.8 Å². The molecule has 0 bridgehead atoms. The molecule has 0 aliphatic carbocycles. The molecule has 1 aliphatic heterocycles. The maximum absolute atomic E-state index is 12.1. The van der Waals surface area contributed by atoms with Crippen LogP contribution in [-0.2, 0) is 9.53 Å². The van der Waals surface area contributed by atoms with Crippen LogP contribution in [0.1, 0.15) is 23.2 Å². The molecule has 0 saturated carbocycles. The van der Waals surface area contributed by atoms with E-state index in [1.54, 1.807) is 25.1 Å². The van der Waals surface area contributed by atoms with Crippen LogP contribution in [0, 0.1) is 6.92 Å². The van der Waals surface area contributed by atoms with Crippen molar-refractivity contribution < 1.29 is 28.3 Å². The summed E-state index contributed by atoms with van der Waals surface area (Å²) in [5, 5.41) is 6.25. The maximum atomic E-state index is 12.1. The van der Waals surface area contributed by atoms with Gasteiger partial charge in [-0.2, -0.15) is 0 Å². The van der Waals surface area contributed by atoms with Gasteiger partial charge in [0.25, 0.3) is 5.91 Å². The summed E-state index contributed by atoms with van der Waals surface area (Å²) in [6.45, 7) is 4.09. The molecule has 126 valence electrons. The predicted octanol–water partition coefficient (Wildman–Crippen LogP) is 1.94. The minimum Gasteiger partial charge on any atom is -0.486 e. The first-order valence-corrected chi connectivity index (χ1v) is 7.38. The summed E-state index contributed by atoms with van der Waals surface area (Å²) in [7, 11) is 0. The number of nitrogens with one attached hydrogen (secondary N) is 1. The van der Waals surface area contributed by atoms with E-state index < -0.39 is 18.0 Å². The summed E-state index contributed by atoms with van der Waals surface area (Å²) < 4.78 is 20.7. The number of amides is 1. The summed E-state index contributed by atoms with van der Waals surface area (Å²) in [5.41, 5.74) is 1.07. The highest BCUT2D eigenvalue weighted by Gasteiger charge is 2.22. The lowest BCUT2D eigenvalue weighted by Gasteiger charge is -2.19. The van der Waals surface area contributed by atoms with Crippen molar-refractivity contribution in [3.05, 3.63) is 35.7 Å². The normalized spacial score (nSPS) is 13.9. The van der Waals surface area contributed by atoms with Gasteiger partial charge in [0.1, 0.15) is 13.2 Å². The molecular weight excluding hydrogens is 316 g/mol. The van der Waals surface area contributed by atoms with Gasteiger partial charge in [0, 0.05) is 17.8 Å². The summed E-state index contributed by atoms with van der Waals surface area (Å²) in [5.74, 6) is -0.0941. The third kappa shape index (κ3) is 3.48. The number of esters is 1. The smallest absolute Gasteiger partial charge is 0.377 e. The Morgan fingerprint density at radius 3 is 2.67 bits per heavy atom. The van der Waals surface area contributed by atoms with Crippen LogP contribution in [0.25, 0.3) is 0 Å². The second-order valence-corrected chi connectivity index (χ2v) is 5.23. The molecule has 2 aromatic rings. The topological polar surface area (TPSA) is 99.9 Å². The maximum Gasteiger partial charge on any atom is 0.377 e. The minimum absolute atomic E-state index is 0.0496. The molecule has 3 rings (SSSR count). The molecule has 8 heteroatoms. The van der Waals surface area contributed by atoms with E-state index in [9.17, 15) is 9.59 Å². The van der Waals surface area contributed by atoms with Gasteiger partial charge in [0.05, 0.1) is 5.69 Å². The third-order valence-electron chi connectivity index (χ3n) is 3.29. The minimum atomic E-state index is -1.00. The number of nitrogens with zero attached hydrogens (tertiary/aromatic N) is 1. The van der Waals surface area contributed by atoms with Gasteiger partial charge in [0.2, 0.25) is 5.76 Å². The summed E-state index contributed by atoms with van der Waals surface area (Å²) in [6.07, 6.45) is -1.00. The zero-order valence-electron chi connectivity index (χ0n) is 13.2. The Balaban J connectivity index is 1.60. The van der Waals surface area contributed by atoms with E-state index in [2.05, 4.69) is 10.5 Å². The van der Waals surface area contributed by atoms with Crippen molar-refractivity contribution in [1.82, 2.24) is 5.16 Å². The fraction of sp³-hybridized carbons (Fsp3) is 0.312. The number of ether oxygens (including phenoxy) is 3. The van der Waals surface area contributed by atoms with Gasteiger partial charge in [0.15, 0.2) is 17.6 Å². The quantitative estimate of drug-likeness (QED) is 0.854. The Morgan fingerprint density at radius 2 is 1.96 bits per heavy atom. The number of benzene rings is 1. The van der Waals surface area contributed by atoms with Crippen LogP contribution in [-0.4, -0.2) is 36.4 Å². The number of carbonyl (C=O) groups is 2. The number of aryl methyl sites for hydroxylation is 1. The van der Waals surface area contributed by atoms with E-state index >= 15 is 0 Å². The van der Waals surface area contributed by atoms with Crippen molar-refractivity contribution >= 4 is 17.6 Å². The van der Waals surface area contributed by atoms with E-state index in [-0.39, 0.29) is 5.76 Å². The van der Waals surface area contributed by atoms with E-state index in [4.69, 9.17) is 18.7 Å². The highest BCUT2D eigenvalue weighted by Crippen LogP contribution is 2.32. The number of anilines is 1. The molecule has 1 aliphatic rings. The Labute approximate surface area is 137 Å². The van der Waals surface area contributed by atoms with Gasteiger partial charge in [-0.1, -0.05) is 5.16 Å². The van der Waals surface area contributed by atoms with Crippen LogP contribution in [0.2, 0.25) is 0 Å². The molecule has 24 heavy (non-hydrogen) atoms. The van der Waals surface area contributed by atoms with Gasteiger partial charge < -0.3 is 24.1 Å². The molecule has 1 amide bonds. The average Bonchev–Trinajstić information content (AvgIpc) is 3.01. The third-order valence-corrected chi connectivity index (χ3v) is 3.29. The monoisotopic (exact) mass is 332 g/mol. The van der Waals surface area contributed by atoms with Crippen LogP contribution in [0.15, 0.2) is 28.8 Å². The number of aromatic nitrogens is 1. The Kier molecular flexibility index (Phi) is 4.37. The van der Waals surface area contributed by atoms with Gasteiger partial charge in [-0.3, -0.25) is 4.79 Å². The largest absolute Gasteiger partial charge is 0.486 e. The highest BCUT2D eigenvalue weighted by atomic mass is 16.6. The zero-order chi connectivity index (χ0) is 17.1. The van der Waals surface area contributed by atoms with Crippen molar-refractivity contribution in [1.29, 1.82) is 0 Å². The van der Waals surface area contributed by atoms with E-state index in [1.807, 2.05) is 0 Å². The van der Waals surface area contributed by atoms with E-state index in [0.29, 0.717) is 36.1 Å². The lowest BCUT2D eigenvalue weighted by molar-refractivity contribution is -0.123. The molecule has 2 heterocycles. The van der Waals surface area contributed by atoms with E-state index in [1.165, 1.54) is 13.0 Å². The standard InChI is InChI=1S/C16H16N2O6/c1-9-7-14(24-18-9)16(20)23-10(2)15(19)17-11-3-4-12-13(8-11)22-6-5-21-12/h3-4,7-8,10H,5-6H2,1-2H3,(H,17,19)/t10-/m1/s1. The molecule has 8 nitrogen and oxygen atoms in total. The first-order valence-electron chi connectivity index (χ1n) is 7.38. The molecule has 0 radical (unpaired) electrons. The van der Waals surface area contributed by atoms with E-state index in [0.717, 1.165) is 0 Å². The van der Waals surface area contributed by atoms with Gasteiger partial charge >= 0.3 is 5.97 Å². The first-order chi connectivity index (χ1) is 11.5. The number of hydrogen-bond acceptors (Lipinski definition) is 7. The fourth-order valence-corrected chi connectivity index (χ4v) is 2.10. The summed E-state index contributed by atoms with van der Waals surface area (Å²) >= 11 is 0. The molecule has 0 fully saturated rings. The number of rotatable bonds is 4. The number of carbonyl (C=O) groups excluding carboxylic acids is 2. The zero-order valence-corrected chi connectivity index (χ0v) is 13.2.